The summed E-state index contributed by atoms with van der Waals surface area (Å²) in [5, 5.41) is 17.8. The first-order valence-electron chi connectivity index (χ1n) is 2.00. The molecule has 1 unspecified atom stereocenters. The van der Waals surface area contributed by atoms with Crippen molar-refractivity contribution < 1.29 is 39.8 Å². The van der Waals surface area contributed by atoms with Gasteiger partial charge in [-0.2, -0.15) is 0 Å². The normalized spacial score (nSPS) is 12.4. The summed E-state index contributed by atoms with van der Waals surface area (Å²) >= 11 is 0. The van der Waals surface area contributed by atoms with Crippen molar-refractivity contribution in [2.24, 2.45) is 5.92 Å². The molecule has 1 N–H and O–H groups in total. The summed E-state index contributed by atoms with van der Waals surface area (Å²) in [6.07, 6.45) is 0. The maximum atomic E-state index is 9.70. The maximum absolute atomic E-state index is 9.70. The molecule has 38 valence electrons. The summed E-state index contributed by atoms with van der Waals surface area (Å²) in [5.74, 6) is -0.0648. The standard InChI is InChI=1S/C4H9O2.Na/c1-4(2-5)3-6;/h4-5H,2-3H2,1H3;/q-1;+1. The molecular formula is C4H9NaO2. The summed E-state index contributed by atoms with van der Waals surface area (Å²) in [7, 11) is 0. The summed E-state index contributed by atoms with van der Waals surface area (Å²) in [6.45, 7) is 1.56. The number of aliphatic hydroxyl groups excluding tert-OH is 1. The van der Waals surface area contributed by atoms with Crippen LogP contribution >= 0.6 is 0 Å². The third-order valence-electron chi connectivity index (χ3n) is 0.596. The second-order valence-corrected chi connectivity index (χ2v) is 1.45. The molecule has 0 aromatic heterocycles. The van der Waals surface area contributed by atoms with Gasteiger partial charge >= 0.3 is 29.6 Å². The Morgan fingerprint density at radius 3 is 2.14 bits per heavy atom. The zero-order valence-corrected chi connectivity index (χ0v) is 6.85. The molecule has 0 saturated carbocycles. The zero-order valence-electron chi connectivity index (χ0n) is 4.85. The summed E-state index contributed by atoms with van der Waals surface area (Å²) in [5.41, 5.74) is 0. The van der Waals surface area contributed by atoms with E-state index < -0.39 is 0 Å². The summed E-state index contributed by atoms with van der Waals surface area (Å²) in [4.78, 5) is 0. The van der Waals surface area contributed by atoms with Crippen molar-refractivity contribution >= 4 is 0 Å². The SMILES string of the molecule is CC(C[O-])CO.[Na+]. The fourth-order valence-electron chi connectivity index (χ4n) is 0.0527. The van der Waals surface area contributed by atoms with E-state index in [0.717, 1.165) is 0 Å². The van der Waals surface area contributed by atoms with E-state index in [0.29, 0.717) is 0 Å². The maximum Gasteiger partial charge on any atom is 1.00 e. The second kappa shape index (κ2) is 6.92. The minimum absolute atomic E-state index is 0. The molecule has 0 radical (unpaired) electrons. The van der Waals surface area contributed by atoms with Gasteiger partial charge in [-0.05, 0) is 5.92 Å². The summed E-state index contributed by atoms with van der Waals surface area (Å²) < 4.78 is 0. The third-order valence-corrected chi connectivity index (χ3v) is 0.596. The number of aliphatic hydroxyl groups is 1. The fourth-order valence-corrected chi connectivity index (χ4v) is 0.0527. The average Bonchev–Trinajstić information content (AvgIpc) is 1.65. The molecule has 3 heteroatoms. The van der Waals surface area contributed by atoms with E-state index in [1.807, 2.05) is 0 Å². The molecule has 7 heavy (non-hydrogen) atoms. The predicted molar refractivity (Wildman–Crippen MR) is 21.1 cm³/mol. The van der Waals surface area contributed by atoms with Crippen LogP contribution in [0.1, 0.15) is 6.92 Å². The minimum atomic E-state index is -0.170. The zero-order chi connectivity index (χ0) is 4.99. The predicted octanol–water partition coefficient (Wildman–Crippen LogP) is -4.02. The van der Waals surface area contributed by atoms with Gasteiger partial charge in [-0.25, -0.2) is 0 Å². The molecule has 0 fully saturated rings. The molecule has 0 spiro atoms. The van der Waals surface area contributed by atoms with Crippen molar-refractivity contribution in [1.82, 2.24) is 0 Å². The Bertz CT molecular complexity index is 28.9. The van der Waals surface area contributed by atoms with Gasteiger partial charge in [0, 0.05) is 6.61 Å². The molecule has 0 saturated heterocycles. The van der Waals surface area contributed by atoms with Crippen molar-refractivity contribution in [3.05, 3.63) is 0 Å². The van der Waals surface area contributed by atoms with Gasteiger partial charge in [-0.15, -0.1) is 6.61 Å². The average molecular weight is 112 g/mol. The van der Waals surface area contributed by atoms with Crippen LogP contribution < -0.4 is 34.7 Å². The van der Waals surface area contributed by atoms with E-state index in [4.69, 9.17) is 5.11 Å². The van der Waals surface area contributed by atoms with E-state index in [9.17, 15) is 5.11 Å². The van der Waals surface area contributed by atoms with E-state index in [-0.39, 0.29) is 48.7 Å². The molecule has 0 aliphatic rings. The van der Waals surface area contributed by atoms with Gasteiger partial charge in [0.25, 0.3) is 0 Å². The second-order valence-electron chi connectivity index (χ2n) is 1.45. The number of rotatable bonds is 2. The molecule has 0 amide bonds. The van der Waals surface area contributed by atoms with E-state index in [1.165, 1.54) is 0 Å². The summed E-state index contributed by atoms with van der Waals surface area (Å²) in [6, 6.07) is 0. The van der Waals surface area contributed by atoms with E-state index >= 15 is 0 Å². The van der Waals surface area contributed by atoms with E-state index in [2.05, 4.69) is 0 Å². The van der Waals surface area contributed by atoms with Crippen molar-refractivity contribution in [1.29, 1.82) is 0 Å². The quantitative estimate of drug-likeness (QED) is 0.370. The number of hydrogen-bond acceptors (Lipinski definition) is 2. The third kappa shape index (κ3) is 6.92. The van der Waals surface area contributed by atoms with E-state index in [1.54, 1.807) is 6.92 Å². The van der Waals surface area contributed by atoms with Crippen molar-refractivity contribution in [3.63, 3.8) is 0 Å². The molecule has 0 aliphatic heterocycles. The van der Waals surface area contributed by atoms with Crippen LogP contribution in [0.2, 0.25) is 0 Å². The Kier molecular flexibility index (Phi) is 10.7. The topological polar surface area (TPSA) is 43.3 Å². The van der Waals surface area contributed by atoms with Crippen LogP contribution in [0.4, 0.5) is 0 Å². The van der Waals surface area contributed by atoms with Gasteiger partial charge in [-0.1, -0.05) is 6.92 Å². The molecule has 0 aromatic rings. The Morgan fingerprint density at radius 1 is 1.71 bits per heavy atom. The van der Waals surface area contributed by atoms with Gasteiger partial charge < -0.3 is 10.2 Å². The van der Waals surface area contributed by atoms with Crippen LogP contribution in [0.3, 0.4) is 0 Å². The Hall–Kier alpha value is 0.920. The molecule has 0 aliphatic carbocycles. The largest absolute Gasteiger partial charge is 1.00 e. The monoisotopic (exact) mass is 112 g/mol. The van der Waals surface area contributed by atoms with Gasteiger partial charge in [-0.3, -0.25) is 0 Å². The van der Waals surface area contributed by atoms with Crippen LogP contribution in [0, 0.1) is 5.92 Å². The molecule has 0 aromatic carbocycles. The Labute approximate surface area is 65.8 Å². The fraction of sp³-hybridized carbons (Fsp3) is 1.00. The van der Waals surface area contributed by atoms with Gasteiger partial charge in [0.1, 0.15) is 0 Å². The van der Waals surface area contributed by atoms with Crippen LogP contribution in [0.5, 0.6) is 0 Å². The smallest absolute Gasteiger partial charge is 0.854 e. The van der Waals surface area contributed by atoms with Crippen LogP contribution in [0.15, 0.2) is 0 Å². The first-order chi connectivity index (χ1) is 2.81. The van der Waals surface area contributed by atoms with Crippen molar-refractivity contribution in [2.75, 3.05) is 13.2 Å². The minimum Gasteiger partial charge on any atom is -0.854 e. The van der Waals surface area contributed by atoms with Gasteiger partial charge in [0.05, 0.1) is 0 Å². The first kappa shape index (κ1) is 10.8. The van der Waals surface area contributed by atoms with Crippen LogP contribution in [-0.2, 0) is 0 Å². The van der Waals surface area contributed by atoms with Crippen molar-refractivity contribution in [3.8, 4) is 0 Å². The number of hydrogen-bond donors (Lipinski definition) is 1. The first-order valence-corrected chi connectivity index (χ1v) is 2.00. The van der Waals surface area contributed by atoms with Gasteiger partial charge in [0.15, 0.2) is 0 Å². The Balaban J connectivity index is 0. The Morgan fingerprint density at radius 2 is 2.14 bits per heavy atom. The van der Waals surface area contributed by atoms with Crippen LogP contribution in [0.25, 0.3) is 0 Å². The molecule has 0 heterocycles. The van der Waals surface area contributed by atoms with Gasteiger partial charge in [0.2, 0.25) is 0 Å². The molecular weight excluding hydrogens is 103 g/mol. The molecule has 0 bridgehead atoms. The molecule has 0 rings (SSSR count). The van der Waals surface area contributed by atoms with Crippen molar-refractivity contribution in [2.45, 2.75) is 6.92 Å². The molecule has 1 atom stereocenters. The van der Waals surface area contributed by atoms with Crippen LogP contribution in [-0.4, -0.2) is 18.3 Å². The molecule has 2 nitrogen and oxygen atoms in total.